The second-order valence-corrected chi connectivity index (χ2v) is 9.34. The number of anilines is 1. The summed E-state index contributed by atoms with van der Waals surface area (Å²) in [6.45, 7) is 6.26. The van der Waals surface area contributed by atoms with Crippen LogP contribution in [0.5, 0.6) is 0 Å². The third-order valence-electron chi connectivity index (χ3n) is 6.33. The Morgan fingerprint density at radius 3 is 2.72 bits per heavy atom. The number of hydrogen-bond acceptors (Lipinski definition) is 7. The van der Waals surface area contributed by atoms with Gasteiger partial charge >= 0.3 is 0 Å². The molecule has 2 aromatic heterocycles. The molecular weight excluding hydrogens is 424 g/mol. The summed E-state index contributed by atoms with van der Waals surface area (Å²) >= 11 is 1.36. The van der Waals surface area contributed by atoms with Crippen molar-refractivity contribution >= 4 is 33.3 Å². The van der Waals surface area contributed by atoms with E-state index < -0.39 is 6.10 Å². The Balaban J connectivity index is 1.59. The third kappa shape index (κ3) is 4.62. The Morgan fingerprint density at radius 2 is 2.00 bits per heavy atom. The fourth-order valence-corrected chi connectivity index (χ4v) is 5.30. The Bertz CT molecular complexity index is 1060. The summed E-state index contributed by atoms with van der Waals surface area (Å²) in [5.74, 6) is 0.562. The van der Waals surface area contributed by atoms with Gasteiger partial charge in [-0.05, 0) is 37.3 Å². The number of amides is 1. The van der Waals surface area contributed by atoms with Crippen LogP contribution >= 0.6 is 11.3 Å². The smallest absolute Gasteiger partial charge is 0.261 e. The van der Waals surface area contributed by atoms with Gasteiger partial charge in [0.2, 0.25) is 0 Å². The first-order valence-electron chi connectivity index (χ1n) is 11.1. The zero-order chi connectivity index (χ0) is 22.6. The number of rotatable bonds is 8. The highest BCUT2D eigenvalue weighted by molar-refractivity contribution is 7.20. The molecule has 7 nitrogen and oxygen atoms in total. The Labute approximate surface area is 192 Å². The molecule has 1 saturated heterocycles. The number of carbonyl (C=O) groups excluding carboxylic acids is 1. The van der Waals surface area contributed by atoms with Gasteiger partial charge in [0.25, 0.3) is 5.91 Å². The van der Waals surface area contributed by atoms with E-state index in [9.17, 15) is 9.90 Å². The number of benzene rings is 1. The molecule has 3 aromatic rings. The van der Waals surface area contributed by atoms with Crippen LogP contribution in [0, 0.1) is 6.92 Å². The number of hydrogen-bond donors (Lipinski definition) is 3. The summed E-state index contributed by atoms with van der Waals surface area (Å²) in [4.78, 5) is 23.0. The highest BCUT2D eigenvalue weighted by Crippen LogP contribution is 2.37. The van der Waals surface area contributed by atoms with Crippen LogP contribution in [-0.4, -0.2) is 53.4 Å². The first-order valence-corrected chi connectivity index (χ1v) is 11.9. The summed E-state index contributed by atoms with van der Waals surface area (Å²) in [5, 5.41) is 17.0. The Kier molecular flexibility index (Phi) is 7.03. The third-order valence-corrected chi connectivity index (χ3v) is 7.53. The van der Waals surface area contributed by atoms with Crippen LogP contribution in [-0.2, 0) is 10.2 Å². The number of thiophene rings is 1. The number of nitrogens with one attached hydrogen (secondary N) is 2. The molecule has 0 saturated carbocycles. The van der Waals surface area contributed by atoms with Crippen molar-refractivity contribution in [3.05, 3.63) is 52.7 Å². The van der Waals surface area contributed by atoms with Crippen molar-refractivity contribution < 1.29 is 14.6 Å². The van der Waals surface area contributed by atoms with Gasteiger partial charge in [-0.15, -0.1) is 11.3 Å². The van der Waals surface area contributed by atoms with Crippen LogP contribution in [0.3, 0.4) is 0 Å². The van der Waals surface area contributed by atoms with E-state index in [0.29, 0.717) is 11.3 Å². The van der Waals surface area contributed by atoms with Gasteiger partial charge in [0, 0.05) is 31.7 Å². The molecule has 0 radical (unpaired) electrons. The number of aliphatic hydroxyl groups is 1. The predicted molar refractivity (Wildman–Crippen MR) is 127 cm³/mol. The molecule has 8 heteroatoms. The van der Waals surface area contributed by atoms with Gasteiger partial charge in [0.15, 0.2) is 0 Å². The molecular formula is C24H30N4O3S. The van der Waals surface area contributed by atoms with Gasteiger partial charge in [-0.2, -0.15) is 0 Å². The van der Waals surface area contributed by atoms with Gasteiger partial charge in [-0.1, -0.05) is 37.3 Å². The molecule has 170 valence electrons. The van der Waals surface area contributed by atoms with Crippen LogP contribution in [0.15, 0.2) is 36.7 Å². The topological polar surface area (TPSA) is 96.4 Å². The SMILES string of the molecule is CCC(O)CNC(=O)c1sc2ncnc(NCC3(c4ccccc4)CCOCC3)c2c1C. The van der Waals surface area contributed by atoms with Crippen molar-refractivity contribution in [1.29, 1.82) is 0 Å². The number of aryl methyl sites for hydroxylation is 1. The lowest BCUT2D eigenvalue weighted by Gasteiger charge is -2.38. The molecule has 4 rings (SSSR count). The lowest BCUT2D eigenvalue weighted by atomic mass is 9.74. The lowest BCUT2D eigenvalue weighted by Crippen LogP contribution is -2.40. The maximum atomic E-state index is 12.7. The minimum Gasteiger partial charge on any atom is -0.391 e. The normalized spacial score (nSPS) is 16.6. The summed E-state index contributed by atoms with van der Waals surface area (Å²) in [6, 6.07) is 10.6. The van der Waals surface area contributed by atoms with Crippen LogP contribution in [0.2, 0.25) is 0 Å². The summed E-state index contributed by atoms with van der Waals surface area (Å²) < 4.78 is 5.65. The second kappa shape index (κ2) is 9.94. The molecule has 1 unspecified atom stereocenters. The predicted octanol–water partition coefficient (Wildman–Crippen LogP) is 3.66. The molecule has 1 fully saturated rings. The number of carbonyl (C=O) groups is 1. The number of aliphatic hydroxyl groups excluding tert-OH is 1. The van der Waals surface area contributed by atoms with Gasteiger partial charge in [-0.3, -0.25) is 4.79 Å². The summed E-state index contributed by atoms with van der Waals surface area (Å²) in [6.07, 6.45) is 3.48. The van der Waals surface area contributed by atoms with Crippen molar-refractivity contribution in [2.75, 3.05) is 31.6 Å². The van der Waals surface area contributed by atoms with E-state index in [0.717, 1.165) is 54.2 Å². The first kappa shape index (κ1) is 22.6. The number of aromatic nitrogens is 2. The second-order valence-electron chi connectivity index (χ2n) is 8.34. The summed E-state index contributed by atoms with van der Waals surface area (Å²) in [7, 11) is 0. The maximum absolute atomic E-state index is 12.7. The van der Waals surface area contributed by atoms with E-state index in [1.54, 1.807) is 6.33 Å². The van der Waals surface area contributed by atoms with E-state index in [4.69, 9.17) is 4.74 Å². The highest BCUT2D eigenvalue weighted by Gasteiger charge is 2.34. The zero-order valence-electron chi connectivity index (χ0n) is 18.6. The fraction of sp³-hybridized carbons (Fsp3) is 0.458. The van der Waals surface area contributed by atoms with Crippen LogP contribution in [0.4, 0.5) is 5.82 Å². The number of nitrogens with zero attached hydrogens (tertiary/aromatic N) is 2. The van der Waals surface area contributed by atoms with Crippen LogP contribution in [0.25, 0.3) is 10.2 Å². The van der Waals surface area contributed by atoms with Crippen molar-refractivity contribution in [2.24, 2.45) is 0 Å². The van der Waals surface area contributed by atoms with E-state index in [1.165, 1.54) is 16.9 Å². The lowest BCUT2D eigenvalue weighted by molar-refractivity contribution is 0.0544. The van der Waals surface area contributed by atoms with Crippen molar-refractivity contribution in [1.82, 2.24) is 15.3 Å². The van der Waals surface area contributed by atoms with Crippen LogP contribution < -0.4 is 10.6 Å². The molecule has 1 aliphatic rings. The van der Waals surface area contributed by atoms with Crippen molar-refractivity contribution in [2.45, 2.75) is 44.6 Å². The molecule has 3 heterocycles. The van der Waals surface area contributed by atoms with Gasteiger partial charge in [0.1, 0.15) is 17.0 Å². The monoisotopic (exact) mass is 454 g/mol. The zero-order valence-corrected chi connectivity index (χ0v) is 19.4. The first-order chi connectivity index (χ1) is 15.5. The quantitative estimate of drug-likeness (QED) is 0.481. The molecule has 3 N–H and O–H groups in total. The minimum absolute atomic E-state index is 0.0306. The summed E-state index contributed by atoms with van der Waals surface area (Å²) in [5.41, 5.74) is 2.13. The maximum Gasteiger partial charge on any atom is 0.261 e. The van der Waals surface area contributed by atoms with Crippen molar-refractivity contribution in [3.63, 3.8) is 0 Å². The van der Waals surface area contributed by atoms with E-state index in [-0.39, 0.29) is 17.9 Å². The molecule has 0 bridgehead atoms. The standard InChI is InChI=1S/C24H30N4O3S/c1-3-18(29)13-25-22(30)20-16(2)19-21(27-15-28-23(19)32-20)26-14-24(9-11-31-12-10-24)17-7-5-4-6-8-17/h4-8,15,18,29H,3,9-14H2,1-2H3,(H,25,30)(H,26,27,28). The number of fused-ring (bicyclic) bond motifs is 1. The molecule has 1 aliphatic heterocycles. The largest absolute Gasteiger partial charge is 0.391 e. The molecule has 0 spiro atoms. The molecule has 1 amide bonds. The van der Waals surface area contributed by atoms with Crippen LogP contribution in [0.1, 0.15) is 47.0 Å². The van der Waals surface area contributed by atoms with Gasteiger partial charge in [-0.25, -0.2) is 9.97 Å². The fourth-order valence-electron chi connectivity index (χ4n) is 4.23. The average molecular weight is 455 g/mol. The van der Waals surface area contributed by atoms with Gasteiger partial charge < -0.3 is 20.5 Å². The van der Waals surface area contributed by atoms with Gasteiger partial charge in [0.05, 0.1) is 16.4 Å². The molecule has 1 aromatic carbocycles. The highest BCUT2D eigenvalue weighted by atomic mass is 32.1. The minimum atomic E-state index is -0.542. The van der Waals surface area contributed by atoms with E-state index in [2.05, 4.69) is 44.9 Å². The van der Waals surface area contributed by atoms with E-state index in [1.807, 2.05) is 19.9 Å². The Morgan fingerprint density at radius 1 is 1.25 bits per heavy atom. The van der Waals surface area contributed by atoms with Crippen molar-refractivity contribution in [3.8, 4) is 0 Å². The molecule has 32 heavy (non-hydrogen) atoms. The van der Waals surface area contributed by atoms with E-state index >= 15 is 0 Å². The average Bonchev–Trinajstić information content (AvgIpc) is 3.19. The molecule has 0 aliphatic carbocycles. The number of ether oxygens (including phenoxy) is 1. The Hall–Kier alpha value is -2.55. The molecule has 1 atom stereocenters.